The molecule has 0 saturated carbocycles. The van der Waals surface area contributed by atoms with Gasteiger partial charge in [-0.15, -0.1) is 0 Å². The van der Waals surface area contributed by atoms with Crippen molar-refractivity contribution in [1.29, 1.82) is 0 Å². The van der Waals surface area contributed by atoms with Crippen LogP contribution in [-0.2, 0) is 9.59 Å². The first-order valence-corrected chi connectivity index (χ1v) is 6.44. The first kappa shape index (κ1) is 16.9. The summed E-state index contributed by atoms with van der Waals surface area (Å²) in [5, 5.41) is 8.56. The van der Waals surface area contributed by atoms with Crippen LogP contribution in [0.5, 0.6) is 0 Å². The Bertz CT molecular complexity index is 282. The van der Waals surface area contributed by atoms with Crippen molar-refractivity contribution < 1.29 is 9.59 Å². The van der Waals surface area contributed by atoms with Crippen molar-refractivity contribution >= 4 is 11.8 Å². The van der Waals surface area contributed by atoms with Crippen molar-refractivity contribution in [2.45, 2.75) is 53.1 Å². The lowest BCUT2D eigenvalue weighted by Crippen LogP contribution is -2.49. The monoisotopic (exact) mass is 257 g/mol. The molecule has 0 aliphatic rings. The summed E-state index contributed by atoms with van der Waals surface area (Å²) in [7, 11) is 0. The maximum atomic E-state index is 11.6. The summed E-state index contributed by atoms with van der Waals surface area (Å²) >= 11 is 0. The molecule has 0 fully saturated rings. The predicted molar refractivity (Wildman–Crippen MR) is 73.2 cm³/mol. The Labute approximate surface area is 110 Å². The normalized spacial score (nSPS) is 13.3. The van der Waals surface area contributed by atoms with Crippen LogP contribution in [0.3, 0.4) is 0 Å². The van der Waals surface area contributed by atoms with E-state index >= 15 is 0 Å². The SMILES string of the molecule is CC(C)CNC(=O)C(C)NCC(=O)NC(C)(C)C. The highest BCUT2D eigenvalue weighted by molar-refractivity contribution is 5.83. The molecule has 0 aromatic carbocycles. The average Bonchev–Trinajstić information content (AvgIpc) is 2.19. The standard InChI is InChI=1S/C13H27N3O2/c1-9(2)7-15-12(18)10(3)14-8-11(17)16-13(4,5)6/h9-10,14H,7-8H2,1-6H3,(H,15,18)(H,16,17). The van der Waals surface area contributed by atoms with Crippen LogP contribution in [0.25, 0.3) is 0 Å². The summed E-state index contributed by atoms with van der Waals surface area (Å²) in [6.45, 7) is 12.4. The molecule has 18 heavy (non-hydrogen) atoms. The van der Waals surface area contributed by atoms with Crippen LogP contribution in [0.4, 0.5) is 0 Å². The molecule has 0 heterocycles. The van der Waals surface area contributed by atoms with Gasteiger partial charge in [0.2, 0.25) is 11.8 Å². The van der Waals surface area contributed by atoms with Crippen LogP contribution < -0.4 is 16.0 Å². The van der Waals surface area contributed by atoms with Gasteiger partial charge in [-0.2, -0.15) is 0 Å². The van der Waals surface area contributed by atoms with Gasteiger partial charge < -0.3 is 10.6 Å². The van der Waals surface area contributed by atoms with E-state index in [1.165, 1.54) is 0 Å². The van der Waals surface area contributed by atoms with Crippen LogP contribution >= 0.6 is 0 Å². The number of carbonyl (C=O) groups excluding carboxylic acids is 2. The summed E-state index contributed by atoms with van der Waals surface area (Å²) in [4.78, 5) is 23.2. The van der Waals surface area contributed by atoms with Gasteiger partial charge in [-0.25, -0.2) is 0 Å². The number of amides is 2. The Kier molecular flexibility index (Phi) is 6.91. The maximum Gasteiger partial charge on any atom is 0.236 e. The molecule has 2 amide bonds. The summed E-state index contributed by atoms with van der Waals surface area (Å²) in [6, 6.07) is -0.366. The first-order chi connectivity index (χ1) is 8.11. The number of carbonyl (C=O) groups is 2. The van der Waals surface area contributed by atoms with Crippen LogP contribution in [0.2, 0.25) is 0 Å². The Morgan fingerprint density at radius 1 is 1.11 bits per heavy atom. The Morgan fingerprint density at radius 3 is 2.11 bits per heavy atom. The van der Waals surface area contributed by atoms with Gasteiger partial charge in [-0.1, -0.05) is 13.8 Å². The van der Waals surface area contributed by atoms with E-state index in [1.807, 2.05) is 34.6 Å². The van der Waals surface area contributed by atoms with Crippen LogP contribution in [-0.4, -0.2) is 36.5 Å². The zero-order chi connectivity index (χ0) is 14.3. The van der Waals surface area contributed by atoms with Crippen LogP contribution in [0.1, 0.15) is 41.5 Å². The molecule has 106 valence electrons. The first-order valence-electron chi connectivity index (χ1n) is 6.44. The van der Waals surface area contributed by atoms with Crippen molar-refractivity contribution in [2.75, 3.05) is 13.1 Å². The highest BCUT2D eigenvalue weighted by Crippen LogP contribution is 1.97. The molecule has 5 nitrogen and oxygen atoms in total. The second kappa shape index (κ2) is 7.36. The largest absolute Gasteiger partial charge is 0.354 e. The molecule has 0 saturated heterocycles. The van der Waals surface area contributed by atoms with Crippen molar-refractivity contribution in [2.24, 2.45) is 5.92 Å². The smallest absolute Gasteiger partial charge is 0.236 e. The summed E-state index contributed by atoms with van der Waals surface area (Å²) in [5.74, 6) is 0.239. The van der Waals surface area contributed by atoms with Crippen molar-refractivity contribution in [3.63, 3.8) is 0 Å². The quantitative estimate of drug-likeness (QED) is 0.654. The lowest BCUT2D eigenvalue weighted by atomic mass is 10.1. The minimum atomic E-state index is -0.366. The second-order valence-electron chi connectivity index (χ2n) is 6.04. The fourth-order valence-electron chi connectivity index (χ4n) is 1.26. The minimum Gasteiger partial charge on any atom is -0.354 e. The van der Waals surface area contributed by atoms with E-state index < -0.39 is 0 Å². The second-order valence-corrected chi connectivity index (χ2v) is 6.04. The predicted octanol–water partition coefficient (Wildman–Crippen LogP) is 0.651. The lowest BCUT2D eigenvalue weighted by molar-refractivity contribution is -0.124. The van der Waals surface area contributed by atoms with Gasteiger partial charge in [-0.05, 0) is 33.6 Å². The highest BCUT2D eigenvalue weighted by Gasteiger charge is 2.16. The van der Waals surface area contributed by atoms with Crippen LogP contribution in [0.15, 0.2) is 0 Å². The minimum absolute atomic E-state index is 0.0766. The molecule has 0 aliphatic heterocycles. The van der Waals surface area contributed by atoms with Gasteiger partial charge in [0.1, 0.15) is 0 Å². The number of rotatable bonds is 6. The molecular formula is C13H27N3O2. The Morgan fingerprint density at radius 2 is 1.67 bits per heavy atom. The summed E-state index contributed by atoms with van der Waals surface area (Å²) < 4.78 is 0. The fraction of sp³-hybridized carbons (Fsp3) is 0.846. The van der Waals surface area contributed by atoms with Gasteiger partial charge in [0, 0.05) is 12.1 Å². The van der Waals surface area contributed by atoms with E-state index in [0.717, 1.165) is 0 Å². The Hall–Kier alpha value is -1.10. The number of hydrogen-bond acceptors (Lipinski definition) is 3. The average molecular weight is 257 g/mol. The van der Waals surface area contributed by atoms with E-state index in [2.05, 4.69) is 16.0 Å². The zero-order valence-corrected chi connectivity index (χ0v) is 12.4. The van der Waals surface area contributed by atoms with E-state index in [9.17, 15) is 9.59 Å². The molecule has 0 rings (SSSR count). The number of hydrogen-bond donors (Lipinski definition) is 3. The third kappa shape index (κ3) is 8.98. The zero-order valence-electron chi connectivity index (χ0n) is 12.4. The van der Waals surface area contributed by atoms with Gasteiger partial charge >= 0.3 is 0 Å². The molecule has 3 N–H and O–H groups in total. The molecule has 0 spiro atoms. The van der Waals surface area contributed by atoms with E-state index in [-0.39, 0.29) is 29.9 Å². The fourth-order valence-corrected chi connectivity index (χ4v) is 1.26. The maximum absolute atomic E-state index is 11.6. The molecule has 0 bridgehead atoms. The van der Waals surface area contributed by atoms with E-state index in [0.29, 0.717) is 12.5 Å². The Balaban J connectivity index is 3.92. The van der Waals surface area contributed by atoms with Gasteiger partial charge in [0.25, 0.3) is 0 Å². The van der Waals surface area contributed by atoms with Crippen LogP contribution in [0, 0.1) is 5.92 Å². The van der Waals surface area contributed by atoms with Gasteiger partial charge in [0.15, 0.2) is 0 Å². The summed E-state index contributed by atoms with van der Waals surface area (Å²) in [5.41, 5.74) is -0.248. The van der Waals surface area contributed by atoms with Crippen molar-refractivity contribution in [1.82, 2.24) is 16.0 Å². The lowest BCUT2D eigenvalue weighted by Gasteiger charge is -2.21. The van der Waals surface area contributed by atoms with Crippen molar-refractivity contribution in [3.8, 4) is 0 Å². The molecule has 0 aliphatic carbocycles. The topological polar surface area (TPSA) is 70.2 Å². The third-order valence-electron chi connectivity index (χ3n) is 2.16. The molecule has 1 unspecified atom stereocenters. The van der Waals surface area contributed by atoms with Gasteiger partial charge in [0.05, 0.1) is 12.6 Å². The molecule has 0 radical (unpaired) electrons. The molecular weight excluding hydrogens is 230 g/mol. The van der Waals surface area contributed by atoms with E-state index in [4.69, 9.17) is 0 Å². The molecule has 1 atom stereocenters. The molecule has 0 aromatic heterocycles. The van der Waals surface area contributed by atoms with Gasteiger partial charge in [-0.3, -0.25) is 14.9 Å². The third-order valence-corrected chi connectivity index (χ3v) is 2.16. The molecule has 5 heteroatoms. The van der Waals surface area contributed by atoms with E-state index in [1.54, 1.807) is 6.92 Å². The summed E-state index contributed by atoms with van der Waals surface area (Å²) in [6.07, 6.45) is 0. The number of nitrogens with one attached hydrogen (secondary N) is 3. The molecule has 0 aromatic rings. The van der Waals surface area contributed by atoms with Crippen molar-refractivity contribution in [3.05, 3.63) is 0 Å². The highest BCUT2D eigenvalue weighted by atomic mass is 16.2.